The van der Waals surface area contributed by atoms with E-state index in [1.807, 2.05) is 26.0 Å². The van der Waals surface area contributed by atoms with E-state index in [0.717, 1.165) is 20.9 Å². The first-order valence-electron chi connectivity index (χ1n) is 8.69. The molecule has 1 aliphatic rings. The minimum absolute atomic E-state index is 0.0820. The van der Waals surface area contributed by atoms with Crippen LogP contribution < -0.4 is 5.32 Å². The van der Waals surface area contributed by atoms with Gasteiger partial charge in [0.1, 0.15) is 6.04 Å². The molecular weight excluding hydrogens is 380 g/mol. The van der Waals surface area contributed by atoms with Crippen LogP contribution in [0, 0.1) is 19.8 Å². The first-order valence-corrected chi connectivity index (χ1v) is 10.1. The van der Waals surface area contributed by atoms with Gasteiger partial charge in [-0.15, -0.1) is 9.19 Å². The van der Waals surface area contributed by atoms with Crippen LogP contribution in [-0.2, 0) is 21.2 Å². The van der Waals surface area contributed by atoms with Crippen molar-refractivity contribution in [3.8, 4) is 0 Å². The maximum absolute atomic E-state index is 13.0. The first kappa shape index (κ1) is 18.2. The van der Waals surface area contributed by atoms with E-state index in [2.05, 4.69) is 25.8 Å². The number of aromatic nitrogens is 5. The summed E-state index contributed by atoms with van der Waals surface area (Å²) in [7, 11) is -3.97. The molecule has 0 bridgehead atoms. The summed E-state index contributed by atoms with van der Waals surface area (Å²) in [6.07, 6.45) is 2.12. The second-order valence-electron chi connectivity index (χ2n) is 6.80. The Morgan fingerprint density at radius 3 is 2.57 bits per heavy atom. The molecule has 2 aromatic heterocycles. The van der Waals surface area contributed by atoms with E-state index in [0.29, 0.717) is 6.42 Å². The molecule has 1 N–H and O–H groups in total. The number of nitrogens with zero attached hydrogens (tertiary/aromatic N) is 5. The van der Waals surface area contributed by atoms with Crippen molar-refractivity contribution in [3.05, 3.63) is 65.2 Å². The molecule has 3 aromatic rings. The summed E-state index contributed by atoms with van der Waals surface area (Å²) in [5.41, 5.74) is 2.73. The Balaban J connectivity index is 1.65. The summed E-state index contributed by atoms with van der Waals surface area (Å²) >= 11 is 0. The molecule has 0 unspecified atom stereocenters. The number of pyridine rings is 1. The van der Waals surface area contributed by atoms with Gasteiger partial charge in [-0.05, 0) is 60.5 Å². The lowest BCUT2D eigenvalue weighted by Gasteiger charge is -2.35. The van der Waals surface area contributed by atoms with Gasteiger partial charge in [-0.3, -0.25) is 9.78 Å². The van der Waals surface area contributed by atoms with Gasteiger partial charge >= 0.3 is 0 Å². The minimum atomic E-state index is -3.97. The highest BCUT2D eigenvalue weighted by Gasteiger charge is 2.45. The molecular formula is C18H18N6O3S. The standard InChI is InChI=1S/C18H18N6O3S/c1-11-3-5-14(6-4-11)28(26,27)24-17(21-22-23-24)16-15(18(25)20-16)10-13-7-8-19-12(2)9-13/h3-9,15-16H,10H2,1-2H3,(H,20,25)/t15-,16+/m1/s1. The van der Waals surface area contributed by atoms with Crippen molar-refractivity contribution < 1.29 is 13.2 Å². The molecule has 28 heavy (non-hydrogen) atoms. The lowest BCUT2D eigenvalue weighted by molar-refractivity contribution is -0.135. The van der Waals surface area contributed by atoms with Crippen molar-refractivity contribution in [1.82, 2.24) is 29.9 Å². The van der Waals surface area contributed by atoms with Gasteiger partial charge in [0.15, 0.2) is 5.82 Å². The highest BCUT2D eigenvalue weighted by atomic mass is 32.2. The summed E-state index contributed by atoms with van der Waals surface area (Å²) in [4.78, 5) is 16.4. The highest BCUT2D eigenvalue weighted by molar-refractivity contribution is 7.89. The van der Waals surface area contributed by atoms with E-state index in [4.69, 9.17) is 0 Å². The smallest absolute Gasteiger partial charge is 0.286 e. The van der Waals surface area contributed by atoms with Crippen molar-refractivity contribution in [3.63, 3.8) is 0 Å². The van der Waals surface area contributed by atoms with Crippen LogP contribution in [0.4, 0.5) is 0 Å². The predicted molar refractivity (Wildman–Crippen MR) is 98.6 cm³/mol. The third-order valence-corrected chi connectivity index (χ3v) is 6.33. The lowest BCUT2D eigenvalue weighted by Crippen LogP contribution is -2.53. The zero-order valence-corrected chi connectivity index (χ0v) is 16.1. The van der Waals surface area contributed by atoms with Gasteiger partial charge < -0.3 is 5.32 Å². The average Bonchev–Trinajstić information content (AvgIpc) is 3.14. The maximum atomic E-state index is 13.0. The number of β-lactam (4-membered cyclic amide) rings is 1. The van der Waals surface area contributed by atoms with Crippen LogP contribution >= 0.6 is 0 Å². The summed E-state index contributed by atoms with van der Waals surface area (Å²) in [5, 5.41) is 13.8. The van der Waals surface area contributed by atoms with Crippen molar-refractivity contribution in [2.24, 2.45) is 5.92 Å². The van der Waals surface area contributed by atoms with Crippen LogP contribution in [0.3, 0.4) is 0 Å². The Bertz CT molecular complexity index is 1140. The molecule has 2 atom stereocenters. The number of hydrogen-bond acceptors (Lipinski definition) is 7. The number of nitrogens with one attached hydrogen (secondary N) is 1. The number of rotatable bonds is 5. The van der Waals surface area contributed by atoms with Gasteiger partial charge in [0.05, 0.1) is 10.8 Å². The molecule has 4 rings (SSSR count). The number of benzene rings is 1. The van der Waals surface area contributed by atoms with E-state index in [1.54, 1.807) is 18.3 Å². The normalized spacial score (nSPS) is 19.1. The van der Waals surface area contributed by atoms with E-state index >= 15 is 0 Å². The summed E-state index contributed by atoms with van der Waals surface area (Å²) in [5.74, 6) is -0.530. The fraction of sp³-hybridized carbons (Fsp3) is 0.278. The van der Waals surface area contributed by atoms with Gasteiger partial charge in [0, 0.05) is 11.9 Å². The van der Waals surface area contributed by atoms with Crippen molar-refractivity contribution >= 4 is 15.9 Å². The highest BCUT2D eigenvalue weighted by Crippen LogP contribution is 2.33. The molecule has 1 saturated heterocycles. The zero-order chi connectivity index (χ0) is 19.9. The molecule has 0 spiro atoms. The lowest BCUT2D eigenvalue weighted by atomic mass is 9.84. The van der Waals surface area contributed by atoms with E-state index in [1.165, 1.54) is 12.1 Å². The molecule has 1 amide bonds. The molecule has 1 aromatic carbocycles. The summed E-state index contributed by atoms with van der Waals surface area (Å²) in [6, 6.07) is 9.57. The topological polar surface area (TPSA) is 120 Å². The molecule has 1 aliphatic heterocycles. The van der Waals surface area contributed by atoms with E-state index in [9.17, 15) is 13.2 Å². The Morgan fingerprint density at radius 1 is 1.14 bits per heavy atom. The molecule has 3 heterocycles. The molecule has 144 valence electrons. The molecule has 0 radical (unpaired) electrons. The van der Waals surface area contributed by atoms with Gasteiger partial charge in [-0.1, -0.05) is 17.7 Å². The number of carbonyl (C=O) groups excluding carboxylic acids is 1. The third-order valence-electron chi connectivity index (χ3n) is 4.74. The van der Waals surface area contributed by atoms with Crippen LogP contribution in [0.25, 0.3) is 0 Å². The molecule has 10 heteroatoms. The van der Waals surface area contributed by atoms with Crippen LogP contribution in [0.2, 0.25) is 0 Å². The SMILES string of the molecule is Cc1ccc(S(=O)(=O)n2nnnc2[C@H]2NC(=O)[C@@H]2Cc2ccnc(C)c2)cc1. The van der Waals surface area contributed by atoms with Crippen LogP contribution in [0.15, 0.2) is 47.5 Å². The summed E-state index contributed by atoms with van der Waals surface area (Å²) < 4.78 is 26.7. The second-order valence-corrected chi connectivity index (χ2v) is 8.57. The molecule has 1 fully saturated rings. The van der Waals surface area contributed by atoms with Crippen molar-refractivity contribution in [1.29, 1.82) is 0 Å². The summed E-state index contributed by atoms with van der Waals surface area (Å²) in [6.45, 7) is 3.74. The third kappa shape index (κ3) is 3.15. The first-order chi connectivity index (χ1) is 13.4. The quantitative estimate of drug-likeness (QED) is 0.635. The number of amides is 1. The van der Waals surface area contributed by atoms with Gasteiger partial charge in [0.2, 0.25) is 5.91 Å². The van der Waals surface area contributed by atoms with Gasteiger partial charge in [-0.2, -0.15) is 8.42 Å². The Morgan fingerprint density at radius 2 is 1.89 bits per heavy atom. The average molecular weight is 398 g/mol. The van der Waals surface area contributed by atoms with Crippen LogP contribution in [0.1, 0.15) is 28.7 Å². The molecule has 0 saturated carbocycles. The van der Waals surface area contributed by atoms with Crippen molar-refractivity contribution in [2.45, 2.75) is 31.2 Å². The Kier molecular flexibility index (Phi) is 4.42. The molecule has 0 aliphatic carbocycles. The van der Waals surface area contributed by atoms with Gasteiger partial charge in [0.25, 0.3) is 10.0 Å². The number of carbonyl (C=O) groups is 1. The fourth-order valence-corrected chi connectivity index (χ4v) is 4.41. The van der Waals surface area contributed by atoms with Crippen molar-refractivity contribution in [2.75, 3.05) is 0 Å². The molecule has 9 nitrogen and oxygen atoms in total. The predicted octanol–water partition coefficient (Wildman–Crippen LogP) is 0.952. The number of aryl methyl sites for hydroxylation is 2. The number of tetrazole rings is 1. The van der Waals surface area contributed by atoms with E-state index < -0.39 is 22.0 Å². The second kappa shape index (κ2) is 6.79. The Labute approximate surface area is 161 Å². The van der Waals surface area contributed by atoms with Crippen LogP contribution in [-0.4, -0.2) is 38.9 Å². The number of hydrogen-bond donors (Lipinski definition) is 1. The zero-order valence-electron chi connectivity index (χ0n) is 15.3. The van der Waals surface area contributed by atoms with Crippen LogP contribution in [0.5, 0.6) is 0 Å². The maximum Gasteiger partial charge on any atom is 0.286 e. The Hall–Kier alpha value is -3.14. The largest absolute Gasteiger partial charge is 0.345 e. The van der Waals surface area contributed by atoms with E-state index in [-0.39, 0.29) is 16.6 Å². The minimum Gasteiger partial charge on any atom is -0.345 e. The monoisotopic (exact) mass is 398 g/mol. The van der Waals surface area contributed by atoms with Gasteiger partial charge in [-0.25, -0.2) is 0 Å². The fourth-order valence-electron chi connectivity index (χ4n) is 3.20.